The highest BCUT2D eigenvalue weighted by Gasteiger charge is 2.21. The molecule has 0 fully saturated rings. The summed E-state index contributed by atoms with van der Waals surface area (Å²) >= 11 is 0. The second-order valence-electron chi connectivity index (χ2n) is 4.99. The van der Waals surface area contributed by atoms with Crippen LogP contribution in [0.25, 0.3) is 0 Å². The summed E-state index contributed by atoms with van der Waals surface area (Å²) in [7, 11) is 3.15. The van der Waals surface area contributed by atoms with Gasteiger partial charge in [-0.25, -0.2) is 0 Å². The van der Waals surface area contributed by atoms with Crippen molar-refractivity contribution in [2.24, 2.45) is 5.92 Å². The minimum Gasteiger partial charge on any atom is -0.460 e. The molecule has 1 atom stereocenters. The van der Waals surface area contributed by atoms with Gasteiger partial charge in [0.2, 0.25) is 0 Å². The number of hydrogen-bond acceptors (Lipinski definition) is 5. The molecule has 0 heterocycles. The second-order valence-corrected chi connectivity index (χ2v) is 4.99. The highest BCUT2D eigenvalue weighted by atomic mass is 16.7. The summed E-state index contributed by atoms with van der Waals surface area (Å²) in [6.45, 7) is 8.48. The Kier molecular flexibility index (Phi) is 7.34. The van der Waals surface area contributed by atoms with Gasteiger partial charge >= 0.3 is 5.97 Å². The monoisotopic (exact) mass is 247 g/mol. The van der Waals surface area contributed by atoms with Crippen LogP contribution in [0, 0.1) is 5.92 Å². The predicted octanol–water partition coefficient (Wildman–Crippen LogP) is 1.17. The van der Waals surface area contributed by atoms with Crippen LogP contribution < -0.4 is 5.32 Å². The van der Waals surface area contributed by atoms with Gasteiger partial charge in [-0.2, -0.15) is 0 Å². The van der Waals surface area contributed by atoms with E-state index in [1.165, 1.54) is 0 Å². The van der Waals surface area contributed by atoms with E-state index in [2.05, 4.69) is 5.32 Å². The molecule has 17 heavy (non-hydrogen) atoms. The summed E-state index contributed by atoms with van der Waals surface area (Å²) in [4.78, 5) is 11.6. The van der Waals surface area contributed by atoms with Crippen LogP contribution in [0.5, 0.6) is 0 Å². The van der Waals surface area contributed by atoms with Gasteiger partial charge in [-0.1, -0.05) is 6.92 Å². The summed E-state index contributed by atoms with van der Waals surface area (Å²) in [5.41, 5.74) is -0.438. The van der Waals surface area contributed by atoms with Gasteiger partial charge in [-0.15, -0.1) is 0 Å². The zero-order valence-electron chi connectivity index (χ0n) is 11.7. The highest BCUT2D eigenvalue weighted by Crippen LogP contribution is 2.10. The molecule has 5 heteroatoms. The van der Waals surface area contributed by atoms with Crippen LogP contribution in [0.3, 0.4) is 0 Å². The third kappa shape index (κ3) is 8.12. The van der Waals surface area contributed by atoms with Crippen LogP contribution in [0.2, 0.25) is 0 Å². The van der Waals surface area contributed by atoms with Crippen LogP contribution >= 0.6 is 0 Å². The number of ether oxygens (including phenoxy) is 3. The lowest BCUT2D eigenvalue weighted by atomic mass is 10.1. The molecule has 0 spiro atoms. The van der Waals surface area contributed by atoms with Crippen molar-refractivity contribution >= 4 is 5.97 Å². The van der Waals surface area contributed by atoms with Crippen LogP contribution in [0.15, 0.2) is 0 Å². The molecule has 5 nitrogen and oxygen atoms in total. The summed E-state index contributed by atoms with van der Waals surface area (Å²) in [5.74, 6) is -0.389. The van der Waals surface area contributed by atoms with Crippen molar-refractivity contribution in [3.63, 3.8) is 0 Å². The number of esters is 1. The lowest BCUT2D eigenvalue weighted by Gasteiger charge is -2.22. The molecular weight excluding hydrogens is 222 g/mol. The van der Waals surface area contributed by atoms with E-state index in [9.17, 15) is 4.79 Å². The zero-order chi connectivity index (χ0) is 13.5. The second kappa shape index (κ2) is 7.63. The van der Waals surface area contributed by atoms with E-state index < -0.39 is 5.60 Å². The van der Waals surface area contributed by atoms with Crippen LogP contribution in [-0.2, 0) is 19.0 Å². The van der Waals surface area contributed by atoms with E-state index in [4.69, 9.17) is 14.2 Å². The van der Waals surface area contributed by atoms with Crippen molar-refractivity contribution in [1.82, 2.24) is 5.32 Å². The third-order valence-electron chi connectivity index (χ3n) is 2.10. The lowest BCUT2D eigenvalue weighted by Crippen LogP contribution is -2.36. The highest BCUT2D eigenvalue weighted by molar-refractivity contribution is 5.72. The molecule has 0 aliphatic heterocycles. The summed E-state index contributed by atoms with van der Waals surface area (Å²) in [6, 6.07) is 0. The summed E-state index contributed by atoms with van der Waals surface area (Å²) in [5, 5.41) is 3.10. The molecule has 0 radical (unpaired) electrons. The first kappa shape index (κ1) is 16.4. The standard InChI is InChI=1S/C12H25NO4/c1-9(11(14)17-12(2,3)4)7-13-8-10(15-5)16-6/h9-10,13H,7-8H2,1-6H3. The van der Waals surface area contributed by atoms with Crippen molar-refractivity contribution in [2.45, 2.75) is 39.6 Å². The first-order valence-electron chi connectivity index (χ1n) is 5.79. The Balaban J connectivity index is 3.86. The smallest absolute Gasteiger partial charge is 0.310 e. The molecule has 0 bridgehead atoms. The van der Waals surface area contributed by atoms with Gasteiger partial charge in [-0.05, 0) is 20.8 Å². The first-order valence-corrected chi connectivity index (χ1v) is 5.79. The third-order valence-corrected chi connectivity index (χ3v) is 2.10. The number of carbonyl (C=O) groups is 1. The van der Waals surface area contributed by atoms with Crippen molar-refractivity contribution in [1.29, 1.82) is 0 Å². The van der Waals surface area contributed by atoms with Gasteiger partial charge in [0.1, 0.15) is 5.60 Å². The number of carbonyl (C=O) groups excluding carboxylic acids is 1. The Labute approximate surface area is 104 Å². The fourth-order valence-electron chi connectivity index (χ4n) is 1.17. The number of nitrogens with one attached hydrogen (secondary N) is 1. The van der Waals surface area contributed by atoms with Gasteiger partial charge in [-0.3, -0.25) is 4.79 Å². The molecule has 1 N–H and O–H groups in total. The summed E-state index contributed by atoms with van der Waals surface area (Å²) < 4.78 is 15.3. The number of methoxy groups -OCH3 is 2. The molecule has 102 valence electrons. The molecule has 0 amide bonds. The van der Waals surface area contributed by atoms with Gasteiger partial charge < -0.3 is 19.5 Å². The average molecular weight is 247 g/mol. The van der Waals surface area contributed by atoms with Crippen molar-refractivity contribution in [3.05, 3.63) is 0 Å². The number of hydrogen-bond donors (Lipinski definition) is 1. The van der Waals surface area contributed by atoms with E-state index in [0.717, 1.165) is 0 Å². The maximum absolute atomic E-state index is 11.6. The molecule has 0 saturated carbocycles. The largest absolute Gasteiger partial charge is 0.460 e. The van der Waals surface area contributed by atoms with Crippen molar-refractivity contribution < 1.29 is 19.0 Å². The van der Waals surface area contributed by atoms with E-state index in [-0.39, 0.29) is 18.2 Å². The average Bonchev–Trinajstić information content (AvgIpc) is 2.21. The molecule has 0 saturated heterocycles. The Hall–Kier alpha value is -0.650. The molecule has 0 aromatic rings. The van der Waals surface area contributed by atoms with Gasteiger partial charge in [0.25, 0.3) is 0 Å². The van der Waals surface area contributed by atoms with E-state index in [1.807, 2.05) is 27.7 Å². The van der Waals surface area contributed by atoms with Gasteiger partial charge in [0, 0.05) is 27.3 Å². The van der Waals surface area contributed by atoms with Crippen molar-refractivity contribution in [3.8, 4) is 0 Å². The van der Waals surface area contributed by atoms with E-state index in [1.54, 1.807) is 14.2 Å². The predicted molar refractivity (Wildman–Crippen MR) is 65.7 cm³/mol. The minimum absolute atomic E-state index is 0.191. The summed E-state index contributed by atoms with van der Waals surface area (Å²) in [6.07, 6.45) is -0.291. The van der Waals surface area contributed by atoms with E-state index >= 15 is 0 Å². The fourth-order valence-corrected chi connectivity index (χ4v) is 1.17. The van der Waals surface area contributed by atoms with E-state index in [0.29, 0.717) is 13.1 Å². The maximum atomic E-state index is 11.6. The Morgan fingerprint density at radius 3 is 2.12 bits per heavy atom. The van der Waals surface area contributed by atoms with Crippen molar-refractivity contribution in [2.75, 3.05) is 27.3 Å². The minimum atomic E-state index is -0.438. The topological polar surface area (TPSA) is 56.8 Å². The zero-order valence-corrected chi connectivity index (χ0v) is 11.7. The lowest BCUT2D eigenvalue weighted by molar-refractivity contribution is -0.159. The molecule has 0 rings (SSSR count). The molecule has 1 unspecified atom stereocenters. The van der Waals surface area contributed by atoms with Gasteiger partial charge in [0.05, 0.1) is 5.92 Å². The Morgan fingerprint density at radius 2 is 1.71 bits per heavy atom. The van der Waals surface area contributed by atoms with Crippen LogP contribution in [0.4, 0.5) is 0 Å². The van der Waals surface area contributed by atoms with Crippen LogP contribution in [-0.4, -0.2) is 45.2 Å². The molecule has 0 aromatic heterocycles. The van der Waals surface area contributed by atoms with Crippen LogP contribution in [0.1, 0.15) is 27.7 Å². The normalized spacial score (nSPS) is 13.8. The fraction of sp³-hybridized carbons (Fsp3) is 0.917. The van der Waals surface area contributed by atoms with Gasteiger partial charge in [0.15, 0.2) is 6.29 Å². The molecule has 0 aromatic carbocycles. The molecule has 0 aliphatic rings. The maximum Gasteiger partial charge on any atom is 0.310 e. The quantitative estimate of drug-likeness (QED) is 0.540. The Morgan fingerprint density at radius 1 is 1.18 bits per heavy atom. The first-order chi connectivity index (χ1) is 7.80. The Bertz CT molecular complexity index is 221. The number of rotatable bonds is 7. The molecular formula is C12H25NO4. The SMILES string of the molecule is COC(CNCC(C)C(=O)OC(C)(C)C)OC. The molecule has 0 aliphatic carbocycles.